The summed E-state index contributed by atoms with van der Waals surface area (Å²) in [5.74, 6) is 0.516. The first-order valence-corrected chi connectivity index (χ1v) is 14.7. The largest absolute Gasteiger partial charge is 0.497 e. The van der Waals surface area contributed by atoms with Gasteiger partial charge in [-0.25, -0.2) is 13.2 Å². The molecule has 2 aliphatic heterocycles. The zero-order valence-corrected chi connectivity index (χ0v) is 23.4. The maximum atomic E-state index is 13.6. The fraction of sp³-hybridized carbons (Fsp3) is 0.536. The number of alkyl carbamates (subject to hydrolysis) is 1. The van der Waals surface area contributed by atoms with Crippen LogP contribution in [0.5, 0.6) is 5.75 Å². The number of methoxy groups -OCH3 is 1. The van der Waals surface area contributed by atoms with Crippen LogP contribution in [0.4, 0.5) is 4.79 Å². The molecule has 2 fully saturated rings. The molecule has 2 N–H and O–H groups in total. The summed E-state index contributed by atoms with van der Waals surface area (Å²) >= 11 is 0. The van der Waals surface area contributed by atoms with E-state index in [4.69, 9.17) is 18.9 Å². The molecule has 1 amide bonds. The molecule has 0 bridgehead atoms. The molecule has 2 unspecified atom stereocenters. The Morgan fingerprint density at radius 2 is 1.82 bits per heavy atom. The summed E-state index contributed by atoms with van der Waals surface area (Å²) in [7, 11) is -2.43. The van der Waals surface area contributed by atoms with Crippen LogP contribution in [0.1, 0.15) is 25.8 Å². The van der Waals surface area contributed by atoms with Gasteiger partial charge >= 0.3 is 6.09 Å². The van der Waals surface area contributed by atoms with E-state index in [0.717, 1.165) is 12.0 Å². The van der Waals surface area contributed by atoms with Gasteiger partial charge in [0.05, 0.1) is 43.3 Å². The molecule has 2 aromatic rings. The van der Waals surface area contributed by atoms with E-state index >= 15 is 0 Å². The van der Waals surface area contributed by atoms with Crippen molar-refractivity contribution >= 4 is 16.1 Å². The first-order chi connectivity index (χ1) is 18.7. The Kier molecular flexibility index (Phi) is 9.84. The molecule has 5 atom stereocenters. The third-order valence-corrected chi connectivity index (χ3v) is 8.81. The van der Waals surface area contributed by atoms with Crippen molar-refractivity contribution in [3.63, 3.8) is 0 Å². The lowest BCUT2D eigenvalue weighted by Gasteiger charge is -2.31. The van der Waals surface area contributed by atoms with Crippen LogP contribution < -0.4 is 10.1 Å². The minimum atomic E-state index is -3.94. The molecule has 2 aromatic carbocycles. The van der Waals surface area contributed by atoms with Crippen molar-refractivity contribution in [2.45, 2.75) is 56.1 Å². The highest BCUT2D eigenvalue weighted by molar-refractivity contribution is 7.89. The van der Waals surface area contributed by atoms with Crippen molar-refractivity contribution in [2.24, 2.45) is 11.8 Å². The minimum absolute atomic E-state index is 0.000311. The molecule has 2 aliphatic rings. The van der Waals surface area contributed by atoms with E-state index in [-0.39, 0.29) is 49.1 Å². The Morgan fingerprint density at radius 1 is 1.10 bits per heavy atom. The first kappa shape index (κ1) is 29.3. The van der Waals surface area contributed by atoms with E-state index in [9.17, 15) is 18.3 Å². The first-order valence-electron chi connectivity index (χ1n) is 13.2. The lowest BCUT2D eigenvalue weighted by atomic mass is 10.0. The van der Waals surface area contributed by atoms with Crippen molar-refractivity contribution in [1.29, 1.82) is 0 Å². The van der Waals surface area contributed by atoms with Crippen LogP contribution in [0, 0.1) is 11.8 Å². The molecule has 39 heavy (non-hydrogen) atoms. The Bertz CT molecular complexity index is 1180. The van der Waals surface area contributed by atoms with E-state index in [1.54, 1.807) is 12.1 Å². The zero-order chi connectivity index (χ0) is 28.0. The monoisotopic (exact) mass is 562 g/mol. The number of nitrogens with one attached hydrogen (secondary N) is 1. The van der Waals surface area contributed by atoms with Gasteiger partial charge < -0.3 is 29.4 Å². The molecule has 0 radical (unpaired) electrons. The van der Waals surface area contributed by atoms with Crippen molar-refractivity contribution in [3.05, 3.63) is 60.2 Å². The summed E-state index contributed by atoms with van der Waals surface area (Å²) in [5.41, 5.74) is 0.878. The predicted molar refractivity (Wildman–Crippen MR) is 144 cm³/mol. The molecule has 10 nitrogen and oxygen atoms in total. The van der Waals surface area contributed by atoms with E-state index in [1.807, 2.05) is 44.2 Å². The zero-order valence-electron chi connectivity index (χ0n) is 22.6. The Hall–Kier alpha value is -2.70. The van der Waals surface area contributed by atoms with Gasteiger partial charge in [-0.1, -0.05) is 44.2 Å². The molecule has 0 spiro atoms. The van der Waals surface area contributed by atoms with Crippen LogP contribution in [0.25, 0.3) is 0 Å². The summed E-state index contributed by atoms with van der Waals surface area (Å²) in [6.07, 6.45) is -1.69. The van der Waals surface area contributed by atoms with E-state index in [2.05, 4.69) is 5.32 Å². The summed E-state index contributed by atoms with van der Waals surface area (Å²) in [6, 6.07) is 14.7. The average molecular weight is 563 g/mol. The number of aliphatic hydroxyl groups excluding tert-OH is 1. The number of benzene rings is 2. The minimum Gasteiger partial charge on any atom is -0.497 e. The van der Waals surface area contributed by atoms with Gasteiger partial charge in [0.15, 0.2) is 6.29 Å². The number of ether oxygens (including phenoxy) is 4. The summed E-state index contributed by atoms with van der Waals surface area (Å²) < 4.78 is 50.3. The number of nitrogens with zero attached hydrogens (tertiary/aromatic N) is 1. The summed E-state index contributed by atoms with van der Waals surface area (Å²) in [6.45, 7) is 4.59. The highest BCUT2D eigenvalue weighted by atomic mass is 32.2. The van der Waals surface area contributed by atoms with Crippen molar-refractivity contribution < 1.29 is 37.3 Å². The van der Waals surface area contributed by atoms with Crippen LogP contribution >= 0.6 is 0 Å². The third kappa shape index (κ3) is 7.49. The van der Waals surface area contributed by atoms with Crippen LogP contribution in [0.2, 0.25) is 0 Å². The Labute approximate surface area is 230 Å². The maximum Gasteiger partial charge on any atom is 0.407 e. The smallest absolute Gasteiger partial charge is 0.407 e. The second-order valence-corrected chi connectivity index (χ2v) is 12.3. The SMILES string of the molecule is COc1ccc(S(=O)(=O)N(CC(C)C)CC(O)C(Cc2ccccc2)NC(=O)O[C@H]2CO[C@H]3OCC[C@H]32)cc1. The molecule has 0 aromatic heterocycles. The lowest BCUT2D eigenvalue weighted by Crippen LogP contribution is -2.51. The van der Waals surface area contributed by atoms with Gasteiger partial charge in [0.1, 0.15) is 11.9 Å². The third-order valence-electron chi connectivity index (χ3n) is 6.97. The number of rotatable bonds is 12. The number of aliphatic hydroxyl groups is 1. The molecule has 2 heterocycles. The average Bonchev–Trinajstić information content (AvgIpc) is 3.53. The Morgan fingerprint density at radius 3 is 2.49 bits per heavy atom. The number of hydrogen-bond acceptors (Lipinski definition) is 8. The van der Waals surface area contributed by atoms with Crippen molar-refractivity contribution in [1.82, 2.24) is 9.62 Å². The van der Waals surface area contributed by atoms with Gasteiger partial charge in [0.2, 0.25) is 10.0 Å². The van der Waals surface area contributed by atoms with Gasteiger partial charge in [-0.05, 0) is 48.6 Å². The second-order valence-electron chi connectivity index (χ2n) is 10.4. The summed E-state index contributed by atoms with van der Waals surface area (Å²) in [5, 5.41) is 14.2. The van der Waals surface area contributed by atoms with Gasteiger partial charge in [0, 0.05) is 13.1 Å². The highest BCUT2D eigenvalue weighted by Crippen LogP contribution is 2.33. The highest BCUT2D eigenvalue weighted by Gasteiger charge is 2.44. The quantitative estimate of drug-likeness (QED) is 0.405. The predicted octanol–water partition coefficient (Wildman–Crippen LogP) is 2.80. The van der Waals surface area contributed by atoms with Crippen molar-refractivity contribution in [2.75, 3.05) is 33.4 Å². The second kappa shape index (κ2) is 13.1. The van der Waals surface area contributed by atoms with E-state index < -0.39 is 34.4 Å². The number of sulfonamides is 1. The van der Waals surface area contributed by atoms with Gasteiger partial charge in [-0.2, -0.15) is 4.31 Å². The molecule has 0 saturated carbocycles. The Balaban J connectivity index is 1.51. The molecule has 214 valence electrons. The normalized spacial score (nSPS) is 22.5. The number of hydrogen-bond donors (Lipinski definition) is 2. The maximum absolute atomic E-state index is 13.6. The van der Waals surface area contributed by atoms with Gasteiger partial charge in [0.25, 0.3) is 0 Å². The van der Waals surface area contributed by atoms with Gasteiger partial charge in [-0.3, -0.25) is 0 Å². The number of carbonyl (C=O) groups excluding carboxylic acids is 1. The van der Waals surface area contributed by atoms with E-state index in [0.29, 0.717) is 12.4 Å². The van der Waals surface area contributed by atoms with Crippen LogP contribution in [-0.2, 0) is 30.7 Å². The van der Waals surface area contributed by atoms with Crippen LogP contribution in [-0.4, -0.2) is 81.9 Å². The van der Waals surface area contributed by atoms with Gasteiger partial charge in [-0.15, -0.1) is 0 Å². The molecule has 4 rings (SSSR count). The standard InChI is InChI=1S/C28H38N2O8S/c1-19(2)16-30(39(33,34)22-11-9-21(35-3)10-12-22)17-25(31)24(15-20-7-5-4-6-8-20)29-28(32)38-26-18-37-27-23(26)13-14-36-27/h4-12,19,23-27,31H,13-18H2,1-3H3,(H,29,32)/t23-,24?,25?,26-,27+/m0/s1. The fourth-order valence-corrected chi connectivity index (χ4v) is 6.55. The lowest BCUT2D eigenvalue weighted by molar-refractivity contribution is -0.0907. The topological polar surface area (TPSA) is 124 Å². The molecule has 0 aliphatic carbocycles. The van der Waals surface area contributed by atoms with Crippen molar-refractivity contribution in [3.8, 4) is 5.75 Å². The van der Waals surface area contributed by atoms with E-state index in [1.165, 1.54) is 23.5 Å². The summed E-state index contributed by atoms with van der Waals surface area (Å²) in [4.78, 5) is 13.0. The van der Waals surface area contributed by atoms with Crippen LogP contribution in [0.15, 0.2) is 59.5 Å². The fourth-order valence-electron chi connectivity index (χ4n) is 4.93. The number of fused-ring (bicyclic) bond motifs is 1. The number of carbonyl (C=O) groups is 1. The number of amides is 1. The molecular formula is C28H38N2O8S. The molecule has 2 saturated heterocycles. The van der Waals surface area contributed by atoms with Crippen LogP contribution in [0.3, 0.4) is 0 Å². The molecular weight excluding hydrogens is 524 g/mol. The molecule has 11 heteroatoms.